The van der Waals surface area contributed by atoms with Gasteiger partial charge in [0.05, 0.1) is 17.8 Å². The predicted octanol–water partition coefficient (Wildman–Crippen LogP) is 2.56. The lowest BCUT2D eigenvalue weighted by atomic mass is 9.80. The largest absolute Gasteiger partial charge is 0.496 e. The van der Waals surface area contributed by atoms with Gasteiger partial charge in [0.25, 0.3) is 0 Å². The highest BCUT2D eigenvalue weighted by atomic mass is 16.7. The van der Waals surface area contributed by atoms with Gasteiger partial charge in [0, 0.05) is 17.1 Å². The van der Waals surface area contributed by atoms with Gasteiger partial charge in [-0.3, -0.25) is 0 Å². The van der Waals surface area contributed by atoms with E-state index >= 15 is 0 Å². The highest BCUT2D eigenvalue weighted by Crippen LogP contribution is 2.44. The van der Waals surface area contributed by atoms with Crippen LogP contribution >= 0.6 is 0 Å². The molecule has 0 amide bonds. The molecule has 1 aromatic rings. The Morgan fingerprint density at radius 2 is 1.71 bits per heavy atom. The standard InChI is InChI=1S/C16H24BNO3/c1-14(2)15(3,4)21-17(20-14)12-6-7-13(18-10-12)19-11-16(5)8-9-16/h6-7,10H,8-9,11H2,1-5H3. The molecule has 0 bridgehead atoms. The van der Waals surface area contributed by atoms with E-state index in [4.69, 9.17) is 14.0 Å². The summed E-state index contributed by atoms with van der Waals surface area (Å²) in [5.74, 6) is 0.670. The summed E-state index contributed by atoms with van der Waals surface area (Å²) in [7, 11) is -0.363. The minimum absolute atomic E-state index is 0.326. The van der Waals surface area contributed by atoms with Crippen molar-refractivity contribution in [3.05, 3.63) is 18.3 Å². The number of aromatic nitrogens is 1. The first-order chi connectivity index (χ1) is 9.71. The monoisotopic (exact) mass is 289 g/mol. The Hall–Kier alpha value is -1.07. The molecule has 5 heteroatoms. The molecule has 4 nitrogen and oxygen atoms in total. The molecular weight excluding hydrogens is 265 g/mol. The summed E-state index contributed by atoms with van der Waals surface area (Å²) in [4.78, 5) is 4.37. The van der Waals surface area contributed by atoms with Crippen LogP contribution in [0.25, 0.3) is 0 Å². The van der Waals surface area contributed by atoms with Gasteiger partial charge in [0.15, 0.2) is 0 Å². The van der Waals surface area contributed by atoms with E-state index in [9.17, 15) is 0 Å². The third-order valence-corrected chi connectivity index (χ3v) is 4.96. The van der Waals surface area contributed by atoms with E-state index in [2.05, 4.69) is 11.9 Å². The van der Waals surface area contributed by atoms with Crippen molar-refractivity contribution in [2.24, 2.45) is 5.41 Å². The highest BCUT2D eigenvalue weighted by Gasteiger charge is 2.51. The van der Waals surface area contributed by atoms with Crippen molar-refractivity contribution in [3.8, 4) is 5.88 Å². The fourth-order valence-electron chi connectivity index (χ4n) is 2.20. The van der Waals surface area contributed by atoms with E-state index in [1.54, 1.807) is 6.20 Å². The number of pyridine rings is 1. The molecule has 114 valence electrons. The molecule has 1 aliphatic carbocycles. The number of ether oxygens (including phenoxy) is 1. The van der Waals surface area contributed by atoms with Crippen LogP contribution in [0, 0.1) is 5.41 Å². The third-order valence-electron chi connectivity index (χ3n) is 4.96. The SMILES string of the molecule is CC1(COc2ccc(B3OC(C)(C)C(C)(C)O3)cn2)CC1. The maximum atomic E-state index is 6.01. The number of hydrogen-bond acceptors (Lipinski definition) is 4. The zero-order valence-corrected chi connectivity index (χ0v) is 13.6. The van der Waals surface area contributed by atoms with E-state index in [-0.39, 0.29) is 18.3 Å². The van der Waals surface area contributed by atoms with E-state index < -0.39 is 0 Å². The first kappa shape index (κ1) is 14.9. The maximum Gasteiger partial charge on any atom is 0.496 e. The lowest BCUT2D eigenvalue weighted by Crippen LogP contribution is -2.41. The first-order valence-electron chi connectivity index (χ1n) is 7.65. The van der Waals surface area contributed by atoms with Gasteiger partial charge in [0.2, 0.25) is 5.88 Å². The van der Waals surface area contributed by atoms with Crippen LogP contribution in [0.4, 0.5) is 0 Å². The fourth-order valence-corrected chi connectivity index (χ4v) is 2.20. The van der Waals surface area contributed by atoms with Crippen LogP contribution < -0.4 is 10.2 Å². The molecule has 1 aliphatic heterocycles. The van der Waals surface area contributed by atoms with E-state index in [0.717, 1.165) is 12.1 Å². The Kier molecular flexibility index (Phi) is 3.34. The van der Waals surface area contributed by atoms with Crippen LogP contribution in [0.1, 0.15) is 47.5 Å². The van der Waals surface area contributed by atoms with Gasteiger partial charge in [-0.2, -0.15) is 0 Å². The van der Waals surface area contributed by atoms with Crippen LogP contribution in [-0.4, -0.2) is 29.9 Å². The van der Waals surface area contributed by atoms with Gasteiger partial charge in [-0.25, -0.2) is 4.98 Å². The number of nitrogens with zero attached hydrogens (tertiary/aromatic N) is 1. The van der Waals surface area contributed by atoms with Crippen LogP contribution in [0.3, 0.4) is 0 Å². The Morgan fingerprint density at radius 1 is 1.10 bits per heavy atom. The average Bonchev–Trinajstić information content (AvgIpc) is 3.09. The second kappa shape index (κ2) is 4.72. The molecule has 0 spiro atoms. The molecule has 0 N–H and O–H groups in total. The maximum absolute atomic E-state index is 6.01. The summed E-state index contributed by atoms with van der Waals surface area (Å²) >= 11 is 0. The molecule has 0 aromatic carbocycles. The minimum atomic E-state index is -0.363. The molecule has 2 fully saturated rings. The van der Waals surface area contributed by atoms with Gasteiger partial charge in [-0.05, 0) is 46.6 Å². The van der Waals surface area contributed by atoms with E-state index in [1.165, 1.54) is 12.8 Å². The van der Waals surface area contributed by atoms with Crippen molar-refractivity contribution in [2.75, 3.05) is 6.61 Å². The molecule has 2 aliphatic rings. The van der Waals surface area contributed by atoms with Crippen molar-refractivity contribution in [2.45, 2.75) is 58.7 Å². The van der Waals surface area contributed by atoms with Gasteiger partial charge in [-0.1, -0.05) is 13.0 Å². The summed E-state index contributed by atoms with van der Waals surface area (Å²) in [5.41, 5.74) is 0.644. The molecule has 2 heterocycles. The Labute approximate surface area is 127 Å². The Bertz CT molecular complexity index is 507. The topological polar surface area (TPSA) is 40.6 Å². The molecule has 1 saturated heterocycles. The number of rotatable bonds is 4. The minimum Gasteiger partial charge on any atom is -0.477 e. The molecule has 0 radical (unpaired) electrons. The van der Waals surface area contributed by atoms with E-state index in [1.807, 2.05) is 39.8 Å². The second-order valence-corrected chi connectivity index (χ2v) is 7.62. The lowest BCUT2D eigenvalue weighted by molar-refractivity contribution is 0.00578. The molecule has 3 rings (SSSR count). The van der Waals surface area contributed by atoms with Crippen molar-refractivity contribution >= 4 is 12.6 Å². The van der Waals surface area contributed by atoms with Crippen LogP contribution in [0.5, 0.6) is 5.88 Å². The van der Waals surface area contributed by atoms with Crippen molar-refractivity contribution in [3.63, 3.8) is 0 Å². The molecular formula is C16H24BNO3. The summed E-state index contributed by atoms with van der Waals surface area (Å²) in [6, 6.07) is 3.87. The van der Waals surface area contributed by atoms with Gasteiger partial charge in [-0.15, -0.1) is 0 Å². The second-order valence-electron chi connectivity index (χ2n) is 7.62. The van der Waals surface area contributed by atoms with Crippen molar-refractivity contribution in [1.82, 2.24) is 4.98 Å². The molecule has 0 atom stereocenters. The van der Waals surface area contributed by atoms with Crippen LogP contribution in [-0.2, 0) is 9.31 Å². The first-order valence-corrected chi connectivity index (χ1v) is 7.65. The van der Waals surface area contributed by atoms with Crippen molar-refractivity contribution in [1.29, 1.82) is 0 Å². The average molecular weight is 289 g/mol. The summed E-state index contributed by atoms with van der Waals surface area (Å²) in [6.07, 6.45) is 4.28. The van der Waals surface area contributed by atoms with E-state index in [0.29, 0.717) is 11.3 Å². The van der Waals surface area contributed by atoms with Gasteiger partial charge in [0.1, 0.15) is 0 Å². The summed E-state index contributed by atoms with van der Waals surface area (Å²) in [6.45, 7) is 11.2. The lowest BCUT2D eigenvalue weighted by Gasteiger charge is -2.32. The molecule has 21 heavy (non-hydrogen) atoms. The molecule has 1 saturated carbocycles. The van der Waals surface area contributed by atoms with Crippen molar-refractivity contribution < 1.29 is 14.0 Å². The zero-order valence-electron chi connectivity index (χ0n) is 13.6. The third kappa shape index (κ3) is 2.95. The summed E-state index contributed by atoms with van der Waals surface area (Å²) < 4.78 is 17.8. The fraction of sp³-hybridized carbons (Fsp3) is 0.688. The number of hydrogen-bond donors (Lipinski definition) is 0. The summed E-state index contributed by atoms with van der Waals surface area (Å²) in [5, 5.41) is 0. The molecule has 1 aromatic heterocycles. The smallest absolute Gasteiger partial charge is 0.477 e. The Morgan fingerprint density at radius 3 is 2.19 bits per heavy atom. The van der Waals surface area contributed by atoms with Crippen LogP contribution in [0.2, 0.25) is 0 Å². The normalized spacial score (nSPS) is 24.9. The highest BCUT2D eigenvalue weighted by molar-refractivity contribution is 6.62. The predicted molar refractivity (Wildman–Crippen MR) is 82.8 cm³/mol. The van der Waals surface area contributed by atoms with Gasteiger partial charge < -0.3 is 14.0 Å². The molecule has 0 unspecified atom stereocenters. The van der Waals surface area contributed by atoms with Gasteiger partial charge >= 0.3 is 7.12 Å². The quantitative estimate of drug-likeness (QED) is 0.799. The zero-order chi connectivity index (χ0) is 15.3. The Balaban J connectivity index is 1.65. The van der Waals surface area contributed by atoms with Crippen LogP contribution in [0.15, 0.2) is 18.3 Å².